The lowest BCUT2D eigenvalue weighted by molar-refractivity contribution is 0.0947. The molecule has 0 aliphatic heterocycles. The highest BCUT2D eigenvalue weighted by molar-refractivity contribution is 5.97. The van der Waals surface area contributed by atoms with Crippen LogP contribution in [0.15, 0.2) is 84.9 Å². The molecule has 0 atom stereocenters. The Morgan fingerprint density at radius 1 is 0.893 bits per heavy atom. The summed E-state index contributed by atoms with van der Waals surface area (Å²) < 4.78 is 15.4. The fourth-order valence-electron chi connectivity index (χ4n) is 2.80. The third-order valence-corrected chi connectivity index (χ3v) is 4.23. The number of halogens is 1. The zero-order chi connectivity index (χ0) is 19.3. The molecule has 138 valence electrons. The summed E-state index contributed by atoms with van der Waals surface area (Å²) in [5.74, 6) is -0.374. The predicted octanol–water partition coefficient (Wildman–Crippen LogP) is 4.38. The van der Waals surface area contributed by atoms with E-state index in [1.165, 1.54) is 10.7 Å². The molecule has 3 aromatic carbocycles. The molecule has 5 nitrogen and oxygen atoms in total. The van der Waals surface area contributed by atoms with Crippen LogP contribution < -0.4 is 5.32 Å². The van der Waals surface area contributed by atoms with Crippen molar-refractivity contribution in [2.75, 3.05) is 5.32 Å². The van der Waals surface area contributed by atoms with Crippen LogP contribution >= 0.6 is 0 Å². The molecule has 1 N–H and O–H groups in total. The van der Waals surface area contributed by atoms with Crippen LogP contribution in [0.4, 0.5) is 10.3 Å². The van der Waals surface area contributed by atoms with E-state index in [1.54, 1.807) is 42.5 Å². The van der Waals surface area contributed by atoms with Crippen LogP contribution in [0.5, 0.6) is 0 Å². The second-order valence-electron chi connectivity index (χ2n) is 6.16. The maximum Gasteiger partial charge on any atom is 0.281 e. The van der Waals surface area contributed by atoms with Gasteiger partial charge in [-0.3, -0.25) is 4.79 Å². The Morgan fingerprint density at radius 3 is 2.25 bits per heavy atom. The number of hydrogen-bond donors (Lipinski definition) is 1. The normalized spacial score (nSPS) is 10.6. The molecule has 0 unspecified atom stereocenters. The van der Waals surface area contributed by atoms with Crippen LogP contribution in [-0.4, -0.2) is 20.7 Å². The molecule has 0 saturated carbocycles. The first-order chi connectivity index (χ1) is 13.7. The van der Waals surface area contributed by atoms with Crippen molar-refractivity contribution in [2.45, 2.75) is 6.54 Å². The number of aromatic nitrogens is 3. The van der Waals surface area contributed by atoms with Gasteiger partial charge in [0, 0.05) is 12.1 Å². The van der Waals surface area contributed by atoms with E-state index in [4.69, 9.17) is 0 Å². The second-order valence-corrected chi connectivity index (χ2v) is 6.16. The van der Waals surface area contributed by atoms with E-state index in [1.807, 2.05) is 36.4 Å². The number of nitrogens with zero attached hydrogens (tertiary/aromatic N) is 3. The minimum atomic E-state index is -0.443. The highest BCUT2D eigenvalue weighted by Gasteiger charge is 2.20. The van der Waals surface area contributed by atoms with Crippen LogP contribution in [0.1, 0.15) is 15.9 Å². The third-order valence-electron chi connectivity index (χ3n) is 4.23. The summed E-state index contributed by atoms with van der Waals surface area (Å²) in [6, 6.07) is 24.7. The lowest BCUT2D eigenvalue weighted by atomic mass is 10.2. The van der Waals surface area contributed by atoms with Gasteiger partial charge in [-0.05, 0) is 29.8 Å². The molecule has 0 radical (unpaired) electrons. The predicted molar refractivity (Wildman–Crippen MR) is 105 cm³/mol. The Bertz CT molecular complexity index is 1090. The first-order valence-corrected chi connectivity index (χ1v) is 8.82. The van der Waals surface area contributed by atoms with E-state index in [9.17, 15) is 9.18 Å². The third kappa shape index (κ3) is 3.66. The monoisotopic (exact) mass is 372 g/mol. The average Bonchev–Trinajstić information content (AvgIpc) is 3.17. The highest BCUT2D eigenvalue weighted by Crippen LogP contribution is 2.22. The topological polar surface area (TPSA) is 59.8 Å². The summed E-state index contributed by atoms with van der Waals surface area (Å²) >= 11 is 0. The molecule has 6 heteroatoms. The molecule has 0 bridgehead atoms. The molecule has 0 aliphatic carbocycles. The minimum Gasteiger partial charge on any atom is -0.350 e. The SMILES string of the molecule is O=C(c1ccccc1)n1nc(-c2ccccc2F)nc1NCc1ccccc1. The zero-order valence-corrected chi connectivity index (χ0v) is 14.9. The van der Waals surface area contributed by atoms with Crippen molar-refractivity contribution in [2.24, 2.45) is 0 Å². The Kier molecular flexibility index (Phi) is 4.93. The summed E-state index contributed by atoms with van der Waals surface area (Å²) in [5, 5.41) is 7.42. The molecule has 0 saturated heterocycles. The minimum absolute atomic E-state index is 0.151. The van der Waals surface area contributed by atoms with Gasteiger partial charge in [0.05, 0.1) is 5.56 Å². The summed E-state index contributed by atoms with van der Waals surface area (Å²) in [6.07, 6.45) is 0. The fourth-order valence-corrected chi connectivity index (χ4v) is 2.80. The zero-order valence-electron chi connectivity index (χ0n) is 14.9. The van der Waals surface area contributed by atoms with Crippen molar-refractivity contribution in [3.05, 3.63) is 102 Å². The number of carbonyl (C=O) groups is 1. The summed E-state index contributed by atoms with van der Waals surface area (Å²) in [5.41, 5.74) is 1.73. The maximum absolute atomic E-state index is 14.2. The quantitative estimate of drug-likeness (QED) is 0.565. The van der Waals surface area contributed by atoms with Gasteiger partial charge in [-0.2, -0.15) is 9.67 Å². The van der Waals surface area contributed by atoms with Crippen molar-refractivity contribution < 1.29 is 9.18 Å². The number of carbonyl (C=O) groups excluding carboxylic acids is 1. The van der Waals surface area contributed by atoms with Gasteiger partial charge in [0.2, 0.25) is 5.95 Å². The van der Waals surface area contributed by atoms with Gasteiger partial charge in [0.1, 0.15) is 5.82 Å². The summed E-state index contributed by atoms with van der Waals surface area (Å²) in [6.45, 7) is 0.457. The van der Waals surface area contributed by atoms with E-state index in [0.717, 1.165) is 5.56 Å². The van der Waals surface area contributed by atoms with Crippen molar-refractivity contribution in [1.82, 2.24) is 14.8 Å². The molecule has 1 aromatic heterocycles. The number of anilines is 1. The van der Waals surface area contributed by atoms with E-state index < -0.39 is 5.82 Å². The fraction of sp³-hybridized carbons (Fsp3) is 0.0455. The Balaban J connectivity index is 1.72. The first kappa shape index (κ1) is 17.6. The molecule has 28 heavy (non-hydrogen) atoms. The second kappa shape index (κ2) is 7.84. The van der Waals surface area contributed by atoms with Crippen molar-refractivity contribution >= 4 is 11.9 Å². The van der Waals surface area contributed by atoms with E-state index >= 15 is 0 Å². The van der Waals surface area contributed by atoms with Crippen molar-refractivity contribution in [1.29, 1.82) is 0 Å². The summed E-state index contributed by atoms with van der Waals surface area (Å²) in [7, 11) is 0. The molecular weight excluding hydrogens is 355 g/mol. The van der Waals surface area contributed by atoms with Gasteiger partial charge in [0.25, 0.3) is 5.91 Å². The molecule has 4 rings (SSSR count). The maximum atomic E-state index is 14.2. The van der Waals surface area contributed by atoms with Crippen LogP contribution in [0, 0.1) is 5.82 Å². The molecule has 1 heterocycles. The van der Waals surface area contributed by atoms with E-state index in [0.29, 0.717) is 12.1 Å². The smallest absolute Gasteiger partial charge is 0.281 e. The summed E-state index contributed by atoms with van der Waals surface area (Å²) in [4.78, 5) is 17.3. The standard InChI is InChI=1S/C22H17FN4O/c23-19-14-8-7-13-18(19)20-25-22(24-15-16-9-3-1-4-10-16)27(26-20)21(28)17-11-5-2-6-12-17/h1-14H,15H2,(H,24,25,26). The average molecular weight is 372 g/mol. The van der Waals surface area contributed by atoms with Gasteiger partial charge >= 0.3 is 0 Å². The molecule has 4 aromatic rings. The van der Waals surface area contributed by atoms with Gasteiger partial charge in [0.15, 0.2) is 5.82 Å². The Hall–Kier alpha value is -3.80. The largest absolute Gasteiger partial charge is 0.350 e. The van der Waals surface area contributed by atoms with Crippen LogP contribution in [0.2, 0.25) is 0 Å². The molecule has 0 amide bonds. The van der Waals surface area contributed by atoms with Crippen LogP contribution in [0.3, 0.4) is 0 Å². The van der Waals surface area contributed by atoms with Crippen molar-refractivity contribution in [3.63, 3.8) is 0 Å². The van der Waals surface area contributed by atoms with E-state index in [-0.39, 0.29) is 23.2 Å². The number of rotatable bonds is 5. The van der Waals surface area contributed by atoms with Crippen LogP contribution in [-0.2, 0) is 6.54 Å². The lowest BCUT2D eigenvalue weighted by Crippen LogP contribution is -2.17. The van der Waals surface area contributed by atoms with Gasteiger partial charge in [-0.15, -0.1) is 5.10 Å². The Labute approximate surface area is 161 Å². The van der Waals surface area contributed by atoms with Crippen LogP contribution in [0.25, 0.3) is 11.4 Å². The van der Waals surface area contributed by atoms with E-state index in [2.05, 4.69) is 15.4 Å². The number of hydrogen-bond acceptors (Lipinski definition) is 4. The number of benzene rings is 3. The molecule has 0 spiro atoms. The lowest BCUT2D eigenvalue weighted by Gasteiger charge is -2.07. The Morgan fingerprint density at radius 2 is 1.54 bits per heavy atom. The van der Waals surface area contributed by atoms with Gasteiger partial charge in [-0.25, -0.2) is 4.39 Å². The van der Waals surface area contributed by atoms with Crippen molar-refractivity contribution in [3.8, 4) is 11.4 Å². The van der Waals surface area contributed by atoms with Gasteiger partial charge < -0.3 is 5.32 Å². The molecule has 0 fully saturated rings. The highest BCUT2D eigenvalue weighted by atomic mass is 19.1. The molecule has 0 aliphatic rings. The van der Waals surface area contributed by atoms with Gasteiger partial charge in [-0.1, -0.05) is 60.7 Å². The molecular formula is C22H17FN4O. The number of nitrogens with one attached hydrogen (secondary N) is 1. The first-order valence-electron chi connectivity index (χ1n) is 8.82.